The lowest BCUT2D eigenvalue weighted by Gasteiger charge is -2.45. The number of aromatic nitrogens is 4. The van der Waals surface area contributed by atoms with Crippen LogP contribution in [0.3, 0.4) is 0 Å². The zero-order chi connectivity index (χ0) is 26.9. The molecular weight excluding hydrogens is 507 g/mol. The van der Waals surface area contributed by atoms with Crippen LogP contribution in [-0.4, -0.2) is 74.6 Å². The molecule has 14 heteroatoms. The number of benzene rings is 1. The summed E-state index contributed by atoms with van der Waals surface area (Å²) in [5.41, 5.74) is -0.0345. The third-order valence-corrected chi connectivity index (χ3v) is 6.26. The Bertz CT molecular complexity index is 1330. The van der Waals surface area contributed by atoms with Gasteiger partial charge >= 0.3 is 12.2 Å². The molecule has 0 aliphatic carbocycles. The second kappa shape index (κ2) is 10.4. The minimum absolute atomic E-state index is 0.0639. The summed E-state index contributed by atoms with van der Waals surface area (Å²) in [4.78, 5) is 33.9. The fourth-order valence-corrected chi connectivity index (χ4v) is 4.45. The fraction of sp³-hybridized carbons (Fsp3) is 0.375. The van der Waals surface area contributed by atoms with Gasteiger partial charge in [0.2, 0.25) is 5.88 Å². The zero-order valence-corrected chi connectivity index (χ0v) is 20.0. The van der Waals surface area contributed by atoms with Gasteiger partial charge in [-0.05, 0) is 25.0 Å². The highest BCUT2D eigenvalue weighted by Crippen LogP contribution is 2.39. The number of urea groups is 1. The van der Waals surface area contributed by atoms with E-state index >= 15 is 0 Å². The lowest BCUT2D eigenvalue weighted by molar-refractivity contribution is -0.137. The Morgan fingerprint density at radius 2 is 2.08 bits per heavy atom. The molecule has 4 heterocycles. The van der Waals surface area contributed by atoms with Crippen molar-refractivity contribution in [2.75, 3.05) is 41.4 Å². The monoisotopic (exact) mass is 531 g/mol. The van der Waals surface area contributed by atoms with Gasteiger partial charge in [-0.15, -0.1) is 0 Å². The van der Waals surface area contributed by atoms with E-state index < -0.39 is 30.5 Å². The molecule has 2 amide bonds. The first-order valence-corrected chi connectivity index (χ1v) is 11.9. The molecule has 1 unspecified atom stereocenters. The summed E-state index contributed by atoms with van der Waals surface area (Å²) in [7, 11) is 0. The Balaban J connectivity index is 1.44. The third kappa shape index (κ3) is 5.31. The average molecular weight is 531 g/mol. The quantitative estimate of drug-likeness (QED) is 0.439. The van der Waals surface area contributed by atoms with Crippen molar-refractivity contribution < 1.29 is 32.9 Å². The van der Waals surface area contributed by atoms with Gasteiger partial charge in [-0.25, -0.2) is 24.7 Å². The molecule has 2 atom stereocenters. The van der Waals surface area contributed by atoms with Gasteiger partial charge < -0.3 is 19.8 Å². The molecule has 0 spiro atoms. The van der Waals surface area contributed by atoms with Crippen molar-refractivity contribution in [1.29, 1.82) is 0 Å². The minimum atomic E-state index is -4.52. The van der Waals surface area contributed by atoms with Gasteiger partial charge in [-0.1, -0.05) is 12.1 Å². The molecule has 5 rings (SSSR count). The molecule has 200 valence electrons. The number of aliphatic hydroxyl groups excluding tert-OH is 2. The van der Waals surface area contributed by atoms with Crippen LogP contribution in [0.2, 0.25) is 0 Å². The zero-order valence-electron chi connectivity index (χ0n) is 20.0. The standard InChI is InChI=1S/C24H24F3N7O4/c25-24(26,27)15-4-1-3-14(7-15)21-28-9-18-22(32-21)34(16-5-2-6-33(18)10-16)23(37)31-19-8-20(30-13-29-19)38-12-17(36)11-35/h1,3-4,7-9,13,16-17,35-36H,2,5-6,10-12H2,(H,29,30,31,37)/t16?,17-/m1/s1. The Labute approximate surface area is 214 Å². The number of hydrogen-bond donors (Lipinski definition) is 3. The van der Waals surface area contributed by atoms with E-state index in [0.717, 1.165) is 25.1 Å². The number of alkyl halides is 3. The SMILES string of the molecule is O=C(Nc1cc(OC[C@H](O)CO)ncn1)N1c2nc(-c3cccc(C(F)(F)F)c3)ncc2N2CCCC1C2. The van der Waals surface area contributed by atoms with E-state index in [1.165, 1.54) is 35.6 Å². The molecule has 1 fully saturated rings. The predicted molar refractivity (Wildman–Crippen MR) is 130 cm³/mol. The summed E-state index contributed by atoms with van der Waals surface area (Å²) >= 11 is 0. The van der Waals surface area contributed by atoms with Gasteiger partial charge in [0.05, 0.1) is 30.1 Å². The number of nitrogens with one attached hydrogen (secondary N) is 1. The first-order valence-electron chi connectivity index (χ1n) is 11.9. The van der Waals surface area contributed by atoms with Crippen LogP contribution in [0.15, 0.2) is 42.9 Å². The number of fused-ring (bicyclic) bond motifs is 4. The van der Waals surface area contributed by atoms with E-state index in [0.29, 0.717) is 18.7 Å². The number of hydrogen-bond acceptors (Lipinski definition) is 9. The smallest absolute Gasteiger partial charge is 0.416 e. The van der Waals surface area contributed by atoms with E-state index in [4.69, 9.17) is 9.84 Å². The van der Waals surface area contributed by atoms with Crippen LogP contribution in [0.25, 0.3) is 11.4 Å². The van der Waals surface area contributed by atoms with Crippen molar-refractivity contribution in [3.63, 3.8) is 0 Å². The van der Waals surface area contributed by atoms with Gasteiger partial charge in [0, 0.05) is 24.7 Å². The maximum Gasteiger partial charge on any atom is 0.416 e. The second-order valence-corrected chi connectivity index (χ2v) is 8.91. The maximum atomic E-state index is 13.5. The number of carbonyl (C=O) groups is 1. The first kappa shape index (κ1) is 25.6. The number of piperidine rings is 1. The second-order valence-electron chi connectivity index (χ2n) is 8.91. The van der Waals surface area contributed by atoms with Crippen LogP contribution in [-0.2, 0) is 6.18 Å². The Hall–Kier alpha value is -4.04. The molecular formula is C24H24F3N7O4. The highest BCUT2D eigenvalue weighted by Gasteiger charge is 2.39. The molecule has 2 aliphatic rings. The summed E-state index contributed by atoms with van der Waals surface area (Å²) in [5.74, 6) is 0.566. The number of amides is 2. The summed E-state index contributed by atoms with van der Waals surface area (Å²) in [6, 6.07) is 5.34. The average Bonchev–Trinajstić information content (AvgIpc) is 2.91. The van der Waals surface area contributed by atoms with Gasteiger partial charge in [0.25, 0.3) is 0 Å². The molecule has 11 nitrogen and oxygen atoms in total. The highest BCUT2D eigenvalue weighted by molar-refractivity contribution is 6.04. The van der Waals surface area contributed by atoms with E-state index in [-0.39, 0.29) is 41.6 Å². The third-order valence-electron chi connectivity index (χ3n) is 6.26. The molecule has 0 saturated carbocycles. The van der Waals surface area contributed by atoms with Crippen LogP contribution < -0.4 is 19.9 Å². The minimum Gasteiger partial charge on any atom is -0.475 e. The highest BCUT2D eigenvalue weighted by atomic mass is 19.4. The normalized spacial score (nSPS) is 17.6. The summed E-state index contributed by atoms with van der Waals surface area (Å²) in [6.07, 6.45) is -1.35. The summed E-state index contributed by atoms with van der Waals surface area (Å²) in [6.45, 7) is 0.626. The lowest BCUT2D eigenvalue weighted by atomic mass is 10.0. The van der Waals surface area contributed by atoms with E-state index in [1.54, 1.807) is 0 Å². The van der Waals surface area contributed by atoms with Crippen molar-refractivity contribution in [2.45, 2.75) is 31.2 Å². The van der Waals surface area contributed by atoms with Crippen molar-refractivity contribution in [1.82, 2.24) is 19.9 Å². The van der Waals surface area contributed by atoms with Crippen molar-refractivity contribution in [3.05, 3.63) is 48.4 Å². The van der Waals surface area contributed by atoms with Crippen LogP contribution in [0, 0.1) is 0 Å². The number of carbonyl (C=O) groups excluding carboxylic acids is 1. The van der Waals surface area contributed by atoms with Crippen molar-refractivity contribution >= 4 is 23.4 Å². The number of rotatable bonds is 6. The van der Waals surface area contributed by atoms with Crippen LogP contribution in [0.5, 0.6) is 5.88 Å². The molecule has 2 aromatic heterocycles. The number of nitrogens with zero attached hydrogens (tertiary/aromatic N) is 6. The van der Waals surface area contributed by atoms with E-state index in [9.17, 15) is 23.1 Å². The summed E-state index contributed by atoms with van der Waals surface area (Å²) in [5, 5.41) is 21.1. The topological polar surface area (TPSA) is 137 Å². The number of aliphatic hydroxyl groups is 2. The Morgan fingerprint density at radius 1 is 1.24 bits per heavy atom. The van der Waals surface area contributed by atoms with Gasteiger partial charge in [0.15, 0.2) is 11.6 Å². The predicted octanol–water partition coefficient (Wildman–Crippen LogP) is 2.71. The molecule has 3 aromatic rings. The largest absolute Gasteiger partial charge is 0.475 e. The molecule has 1 aromatic carbocycles. The summed E-state index contributed by atoms with van der Waals surface area (Å²) < 4.78 is 45.1. The van der Waals surface area contributed by atoms with Crippen molar-refractivity contribution in [3.8, 4) is 17.3 Å². The van der Waals surface area contributed by atoms with E-state index in [1.807, 2.05) is 0 Å². The van der Waals surface area contributed by atoms with Gasteiger partial charge in [-0.2, -0.15) is 13.2 Å². The molecule has 2 bridgehead atoms. The van der Waals surface area contributed by atoms with Gasteiger partial charge in [-0.3, -0.25) is 10.2 Å². The lowest BCUT2D eigenvalue weighted by Crippen LogP contribution is -2.56. The Kier molecular flexibility index (Phi) is 6.99. The van der Waals surface area contributed by atoms with Gasteiger partial charge in [0.1, 0.15) is 24.9 Å². The van der Waals surface area contributed by atoms with Crippen LogP contribution >= 0.6 is 0 Å². The molecule has 38 heavy (non-hydrogen) atoms. The number of ether oxygens (including phenoxy) is 1. The number of anilines is 3. The number of halogens is 3. The molecule has 2 aliphatic heterocycles. The molecule has 3 N–H and O–H groups in total. The van der Waals surface area contributed by atoms with Crippen molar-refractivity contribution in [2.24, 2.45) is 0 Å². The fourth-order valence-electron chi connectivity index (χ4n) is 4.45. The maximum absolute atomic E-state index is 13.5. The van der Waals surface area contributed by atoms with Crippen LogP contribution in [0.4, 0.5) is 35.3 Å². The van der Waals surface area contributed by atoms with Crippen LogP contribution in [0.1, 0.15) is 18.4 Å². The first-order chi connectivity index (χ1) is 18.2. The molecule has 1 saturated heterocycles. The van der Waals surface area contributed by atoms with E-state index in [2.05, 4.69) is 30.2 Å². The Morgan fingerprint density at radius 3 is 2.87 bits per heavy atom. The molecule has 0 radical (unpaired) electrons.